The Labute approximate surface area is 129 Å². The molecule has 0 fully saturated rings. The summed E-state index contributed by atoms with van der Waals surface area (Å²) in [6.45, 7) is 1.28. The average molecular weight is 326 g/mol. The highest BCUT2D eigenvalue weighted by molar-refractivity contribution is 5.32. The van der Waals surface area contributed by atoms with Crippen molar-refractivity contribution in [3.05, 3.63) is 80.3 Å². The monoisotopic (exact) mass is 326 g/mol. The van der Waals surface area contributed by atoms with Gasteiger partial charge < -0.3 is 4.57 Å². The fourth-order valence-corrected chi connectivity index (χ4v) is 2.00. The molecule has 8 heteroatoms. The molecule has 122 valence electrons. The van der Waals surface area contributed by atoms with Crippen LogP contribution >= 0.6 is 0 Å². The number of rotatable bonds is 3. The Kier molecular flexibility index (Phi) is 4.26. The van der Waals surface area contributed by atoms with E-state index in [1.807, 2.05) is 0 Å². The van der Waals surface area contributed by atoms with Crippen LogP contribution in [0.4, 0.5) is 13.2 Å². The average Bonchev–Trinajstić information content (AvgIpc) is 2.63. The van der Waals surface area contributed by atoms with Crippen LogP contribution in [0.3, 0.4) is 0 Å². The zero-order chi connectivity index (χ0) is 17.3. The van der Waals surface area contributed by atoms with E-state index in [-0.39, 0.29) is 6.54 Å². The minimum atomic E-state index is -4.55. The summed E-state index contributed by atoms with van der Waals surface area (Å²) in [6.07, 6.45) is 3.31. The van der Waals surface area contributed by atoms with Gasteiger partial charge in [-0.25, -0.2) is 0 Å². The Morgan fingerprint density at radius 3 is 2.61 bits per heavy atom. The molecule has 0 aromatic carbocycles. The molecule has 1 aromatic rings. The molecule has 2 rings (SSSR count). The van der Waals surface area contributed by atoms with Crippen molar-refractivity contribution in [2.45, 2.75) is 25.2 Å². The van der Waals surface area contributed by atoms with Crippen LogP contribution in [-0.4, -0.2) is 15.0 Å². The summed E-state index contributed by atoms with van der Waals surface area (Å²) in [7, 11) is 0. The Balaban J connectivity index is 2.31. The van der Waals surface area contributed by atoms with Gasteiger partial charge in [0.15, 0.2) is 0 Å². The second kappa shape index (κ2) is 5.86. The molecule has 1 unspecified atom stereocenters. The largest absolute Gasteiger partial charge is 0.417 e. The van der Waals surface area contributed by atoms with Crippen LogP contribution in [-0.2, 0) is 12.7 Å². The highest BCUT2D eigenvalue weighted by Gasteiger charge is 2.32. The summed E-state index contributed by atoms with van der Waals surface area (Å²) in [4.78, 5) is 22.2. The summed E-state index contributed by atoms with van der Waals surface area (Å²) in [6, 6.07) is 1.57. The Morgan fingerprint density at radius 2 is 2.00 bits per heavy atom. The lowest BCUT2D eigenvalue weighted by molar-refractivity contribution is -0.535. The summed E-state index contributed by atoms with van der Waals surface area (Å²) in [5.74, 6) is 0. The second-order valence-electron chi connectivity index (χ2n) is 5.30. The van der Waals surface area contributed by atoms with Crippen LogP contribution in [0.15, 0.2) is 59.1 Å². The van der Waals surface area contributed by atoms with Gasteiger partial charge in [0.25, 0.3) is 11.1 Å². The van der Waals surface area contributed by atoms with Crippen molar-refractivity contribution in [3.8, 4) is 0 Å². The molecule has 1 aromatic heterocycles. The van der Waals surface area contributed by atoms with Crippen molar-refractivity contribution in [3.63, 3.8) is 0 Å². The van der Waals surface area contributed by atoms with Crippen LogP contribution in [0.1, 0.15) is 12.5 Å². The Hall–Kier alpha value is -2.64. The minimum absolute atomic E-state index is 0.114. The number of aromatic nitrogens is 1. The van der Waals surface area contributed by atoms with Crippen LogP contribution in [0.5, 0.6) is 0 Å². The Morgan fingerprint density at radius 1 is 1.30 bits per heavy atom. The summed E-state index contributed by atoms with van der Waals surface area (Å²) in [5.41, 5.74) is -2.43. The number of nitrogens with zero attached hydrogens (tertiary/aromatic N) is 2. The van der Waals surface area contributed by atoms with E-state index in [2.05, 4.69) is 0 Å². The van der Waals surface area contributed by atoms with E-state index in [9.17, 15) is 28.1 Å². The standard InChI is InChI=1S/C15H13F3N2O3/c1-14(20(22)23)7-2-3-11(6-8-14)9-19-10-12(15(16,17)18)4-5-13(19)21/h2-8,10H,9H2,1H3. The Bertz CT molecular complexity index is 775. The molecule has 1 aliphatic rings. The van der Waals surface area contributed by atoms with Crippen LogP contribution in [0, 0.1) is 10.1 Å². The molecule has 1 heterocycles. The van der Waals surface area contributed by atoms with Gasteiger partial charge in [-0.3, -0.25) is 14.9 Å². The van der Waals surface area contributed by atoms with Gasteiger partial charge in [-0.2, -0.15) is 13.2 Å². The highest BCUT2D eigenvalue weighted by Crippen LogP contribution is 2.28. The number of halogens is 3. The molecule has 0 amide bonds. The predicted octanol–water partition coefficient (Wildman–Crippen LogP) is 2.95. The SMILES string of the molecule is CC1([N+](=O)[O-])C=CC=C(Cn2cc(C(F)(F)F)ccc2=O)C=C1. The molecule has 0 N–H and O–H groups in total. The van der Waals surface area contributed by atoms with E-state index in [0.29, 0.717) is 5.57 Å². The van der Waals surface area contributed by atoms with Crippen LogP contribution < -0.4 is 5.56 Å². The smallest absolute Gasteiger partial charge is 0.311 e. The summed E-state index contributed by atoms with van der Waals surface area (Å²) >= 11 is 0. The molecule has 0 saturated carbocycles. The highest BCUT2D eigenvalue weighted by atomic mass is 19.4. The number of pyridine rings is 1. The molecule has 0 spiro atoms. The van der Waals surface area contributed by atoms with Gasteiger partial charge in [0.05, 0.1) is 12.1 Å². The van der Waals surface area contributed by atoms with Crippen molar-refractivity contribution in [1.29, 1.82) is 0 Å². The zero-order valence-electron chi connectivity index (χ0n) is 12.1. The fourth-order valence-electron chi connectivity index (χ4n) is 2.00. The van der Waals surface area contributed by atoms with E-state index >= 15 is 0 Å². The van der Waals surface area contributed by atoms with Crippen molar-refractivity contribution < 1.29 is 18.1 Å². The maximum absolute atomic E-state index is 12.7. The minimum Gasteiger partial charge on any atom is -0.311 e. The maximum Gasteiger partial charge on any atom is 0.417 e. The van der Waals surface area contributed by atoms with E-state index in [1.165, 1.54) is 37.3 Å². The third-order valence-corrected chi connectivity index (χ3v) is 3.44. The molecule has 23 heavy (non-hydrogen) atoms. The van der Waals surface area contributed by atoms with Gasteiger partial charge in [0.2, 0.25) is 0 Å². The molecule has 0 radical (unpaired) electrons. The van der Waals surface area contributed by atoms with Gasteiger partial charge >= 0.3 is 6.18 Å². The molecular weight excluding hydrogens is 313 g/mol. The number of alkyl halides is 3. The van der Waals surface area contributed by atoms with Gasteiger partial charge in [-0.15, -0.1) is 0 Å². The van der Waals surface area contributed by atoms with Crippen molar-refractivity contribution in [1.82, 2.24) is 4.57 Å². The first-order chi connectivity index (χ1) is 10.6. The lowest BCUT2D eigenvalue weighted by Gasteiger charge is -2.12. The van der Waals surface area contributed by atoms with Crippen molar-refractivity contribution in [2.24, 2.45) is 0 Å². The predicted molar refractivity (Wildman–Crippen MR) is 77.5 cm³/mol. The van der Waals surface area contributed by atoms with E-state index in [4.69, 9.17) is 0 Å². The molecule has 0 saturated heterocycles. The van der Waals surface area contributed by atoms with E-state index in [0.717, 1.165) is 22.9 Å². The normalized spacial score (nSPS) is 21.0. The molecule has 1 atom stereocenters. The van der Waals surface area contributed by atoms with Crippen molar-refractivity contribution >= 4 is 0 Å². The second-order valence-corrected chi connectivity index (χ2v) is 5.30. The number of nitro groups is 1. The van der Waals surface area contributed by atoms with E-state index in [1.54, 1.807) is 0 Å². The van der Waals surface area contributed by atoms with Crippen molar-refractivity contribution in [2.75, 3.05) is 0 Å². The van der Waals surface area contributed by atoms with Crippen LogP contribution in [0.25, 0.3) is 0 Å². The fraction of sp³-hybridized carbons (Fsp3) is 0.267. The molecule has 0 bridgehead atoms. The molecule has 5 nitrogen and oxygen atoms in total. The van der Waals surface area contributed by atoms with E-state index < -0.39 is 27.8 Å². The van der Waals surface area contributed by atoms with Crippen LogP contribution in [0.2, 0.25) is 0 Å². The van der Waals surface area contributed by atoms with Gasteiger partial charge in [-0.05, 0) is 23.8 Å². The molecular formula is C15H13F3N2O3. The van der Waals surface area contributed by atoms with Gasteiger partial charge in [0, 0.05) is 24.1 Å². The number of allylic oxidation sites excluding steroid dienone is 4. The zero-order valence-corrected chi connectivity index (χ0v) is 12.1. The number of hydrogen-bond acceptors (Lipinski definition) is 3. The summed E-state index contributed by atoms with van der Waals surface area (Å²) in [5, 5.41) is 11.0. The molecule has 1 aliphatic carbocycles. The third-order valence-electron chi connectivity index (χ3n) is 3.44. The third kappa shape index (κ3) is 3.77. The first-order valence-corrected chi connectivity index (χ1v) is 6.62. The quantitative estimate of drug-likeness (QED) is 0.633. The first kappa shape index (κ1) is 16.7. The summed E-state index contributed by atoms with van der Waals surface area (Å²) < 4.78 is 39.0. The topological polar surface area (TPSA) is 65.1 Å². The first-order valence-electron chi connectivity index (χ1n) is 6.62. The maximum atomic E-state index is 12.7. The van der Waals surface area contributed by atoms with Gasteiger partial charge in [0.1, 0.15) is 0 Å². The molecule has 0 aliphatic heterocycles. The lowest BCUT2D eigenvalue weighted by atomic mass is 10.0. The number of hydrogen-bond donors (Lipinski definition) is 0. The van der Waals surface area contributed by atoms with Gasteiger partial charge in [-0.1, -0.05) is 18.2 Å². The lowest BCUT2D eigenvalue weighted by Crippen LogP contribution is -2.29.